The lowest BCUT2D eigenvalue weighted by Crippen LogP contribution is -2.12. The highest BCUT2D eigenvalue weighted by Crippen LogP contribution is 2.37. The van der Waals surface area contributed by atoms with E-state index in [1.54, 1.807) is 67.4 Å². The second-order valence-electron chi connectivity index (χ2n) is 8.71. The molecule has 198 valence electrons. The minimum atomic E-state index is -0.302. The number of hydrogen-bond donors (Lipinski definition) is 1. The molecule has 6 aromatic rings. The number of furan rings is 1. The second-order valence-corrected chi connectivity index (χ2v) is 9.63. The highest BCUT2D eigenvalue weighted by atomic mass is 32.1. The third-order valence-electron chi connectivity index (χ3n) is 6.09. The molecule has 0 aliphatic heterocycles. The third kappa shape index (κ3) is 4.91. The minimum Gasteiger partial charge on any atom is -0.496 e. The molecule has 0 atom stereocenters. The fraction of sp³-hybridized carbons (Fsp3) is 0.103. The number of methoxy groups -OCH3 is 2. The lowest BCUT2D eigenvalue weighted by molar-refractivity contribution is 0.102. The van der Waals surface area contributed by atoms with Crippen molar-refractivity contribution in [2.75, 3.05) is 19.5 Å². The van der Waals surface area contributed by atoms with Crippen LogP contribution >= 0.6 is 11.3 Å². The first-order chi connectivity index (χ1) is 19.5. The molecule has 3 aromatic heterocycles. The SMILES string of the molecule is COc1cc(OCc2cccc(NC(=O)c3cccc(C#N)c3)c2)c2cc(-c3cn4nc(OC)sc4n3)oc2c1. The fourth-order valence-electron chi connectivity index (χ4n) is 4.16. The van der Waals surface area contributed by atoms with Gasteiger partial charge >= 0.3 is 0 Å². The van der Waals surface area contributed by atoms with Crippen molar-refractivity contribution < 1.29 is 23.4 Å². The number of carbonyl (C=O) groups is 1. The molecule has 40 heavy (non-hydrogen) atoms. The number of nitrogens with zero attached hydrogens (tertiary/aromatic N) is 4. The van der Waals surface area contributed by atoms with Crippen LogP contribution in [0.2, 0.25) is 0 Å². The summed E-state index contributed by atoms with van der Waals surface area (Å²) in [5.74, 6) is 1.42. The molecule has 10 nitrogen and oxygen atoms in total. The first-order valence-corrected chi connectivity index (χ1v) is 12.9. The molecule has 0 saturated carbocycles. The predicted molar refractivity (Wildman–Crippen MR) is 149 cm³/mol. The highest BCUT2D eigenvalue weighted by Gasteiger charge is 2.17. The van der Waals surface area contributed by atoms with Gasteiger partial charge in [0.15, 0.2) is 5.76 Å². The summed E-state index contributed by atoms with van der Waals surface area (Å²) < 4.78 is 24.6. The molecule has 1 amide bonds. The van der Waals surface area contributed by atoms with Crippen molar-refractivity contribution in [3.8, 4) is 34.2 Å². The van der Waals surface area contributed by atoms with Crippen molar-refractivity contribution in [2.24, 2.45) is 0 Å². The van der Waals surface area contributed by atoms with Gasteiger partial charge in [0.25, 0.3) is 11.1 Å². The van der Waals surface area contributed by atoms with E-state index in [1.807, 2.05) is 30.3 Å². The van der Waals surface area contributed by atoms with Crippen molar-refractivity contribution in [1.29, 1.82) is 5.26 Å². The lowest BCUT2D eigenvalue weighted by Gasteiger charge is -2.11. The summed E-state index contributed by atoms with van der Waals surface area (Å²) in [6.45, 7) is 0.236. The van der Waals surface area contributed by atoms with Gasteiger partial charge in [-0.25, -0.2) is 9.50 Å². The zero-order chi connectivity index (χ0) is 27.6. The Bertz CT molecular complexity index is 1880. The zero-order valence-corrected chi connectivity index (χ0v) is 22.2. The summed E-state index contributed by atoms with van der Waals surface area (Å²) in [6, 6.07) is 21.4. The molecule has 0 unspecified atom stereocenters. The fourth-order valence-corrected chi connectivity index (χ4v) is 4.86. The van der Waals surface area contributed by atoms with Gasteiger partial charge < -0.3 is 23.9 Å². The molecule has 3 aromatic carbocycles. The number of hydrogen-bond acceptors (Lipinski definition) is 9. The van der Waals surface area contributed by atoms with Crippen molar-refractivity contribution in [2.45, 2.75) is 6.61 Å². The number of anilines is 1. The van der Waals surface area contributed by atoms with Crippen LogP contribution in [0, 0.1) is 11.3 Å². The summed E-state index contributed by atoms with van der Waals surface area (Å²) in [5, 5.41) is 17.6. The summed E-state index contributed by atoms with van der Waals surface area (Å²) in [4.78, 5) is 18.0. The molecular weight excluding hydrogens is 530 g/mol. The molecule has 1 N–H and O–H groups in total. The quantitative estimate of drug-likeness (QED) is 0.247. The van der Waals surface area contributed by atoms with Gasteiger partial charge in [0.2, 0.25) is 4.96 Å². The smallest absolute Gasteiger partial charge is 0.294 e. The van der Waals surface area contributed by atoms with Crippen LogP contribution in [0.1, 0.15) is 21.5 Å². The molecule has 0 radical (unpaired) electrons. The van der Waals surface area contributed by atoms with E-state index in [0.29, 0.717) is 55.5 Å². The number of aromatic nitrogens is 3. The van der Waals surface area contributed by atoms with E-state index in [9.17, 15) is 4.79 Å². The van der Waals surface area contributed by atoms with Gasteiger partial charge in [-0.15, -0.1) is 5.10 Å². The Kier molecular flexibility index (Phi) is 6.51. The van der Waals surface area contributed by atoms with E-state index in [4.69, 9.17) is 23.9 Å². The number of ether oxygens (including phenoxy) is 3. The van der Waals surface area contributed by atoms with Gasteiger partial charge in [0, 0.05) is 23.4 Å². The Hall–Kier alpha value is -5.34. The van der Waals surface area contributed by atoms with E-state index in [-0.39, 0.29) is 12.5 Å². The Morgan fingerprint density at radius 3 is 2.77 bits per heavy atom. The first kappa shape index (κ1) is 25.0. The van der Waals surface area contributed by atoms with Crippen LogP contribution in [-0.2, 0) is 6.61 Å². The molecule has 0 fully saturated rings. The van der Waals surface area contributed by atoms with E-state index >= 15 is 0 Å². The summed E-state index contributed by atoms with van der Waals surface area (Å²) in [5.41, 5.74) is 3.50. The number of nitriles is 1. The number of fused-ring (bicyclic) bond motifs is 2. The number of nitrogens with one attached hydrogen (secondary N) is 1. The van der Waals surface area contributed by atoms with E-state index in [1.165, 1.54) is 11.3 Å². The van der Waals surface area contributed by atoms with Gasteiger partial charge in [-0.1, -0.05) is 18.2 Å². The van der Waals surface area contributed by atoms with Crippen LogP contribution in [-0.4, -0.2) is 34.7 Å². The Morgan fingerprint density at radius 1 is 1.10 bits per heavy atom. The molecule has 6 rings (SSSR count). The lowest BCUT2D eigenvalue weighted by atomic mass is 10.1. The van der Waals surface area contributed by atoms with E-state index < -0.39 is 0 Å². The Labute approximate surface area is 232 Å². The normalized spacial score (nSPS) is 10.9. The van der Waals surface area contributed by atoms with Crippen molar-refractivity contribution in [3.63, 3.8) is 0 Å². The maximum Gasteiger partial charge on any atom is 0.294 e. The monoisotopic (exact) mass is 551 g/mol. The van der Waals surface area contributed by atoms with Gasteiger partial charge in [-0.05, 0) is 53.3 Å². The third-order valence-corrected chi connectivity index (χ3v) is 6.98. The average molecular weight is 552 g/mol. The van der Waals surface area contributed by atoms with Gasteiger partial charge in [-0.3, -0.25) is 4.79 Å². The summed E-state index contributed by atoms with van der Waals surface area (Å²) >= 11 is 1.33. The van der Waals surface area contributed by atoms with Crippen LogP contribution < -0.4 is 19.5 Å². The predicted octanol–water partition coefficient (Wildman–Crippen LogP) is 5.92. The molecule has 3 heterocycles. The maximum absolute atomic E-state index is 12.7. The van der Waals surface area contributed by atoms with E-state index in [2.05, 4.69) is 15.4 Å². The Balaban J connectivity index is 1.23. The van der Waals surface area contributed by atoms with Gasteiger partial charge in [0.1, 0.15) is 29.4 Å². The van der Waals surface area contributed by atoms with E-state index in [0.717, 1.165) is 10.9 Å². The molecule has 0 aliphatic rings. The molecule has 0 aliphatic carbocycles. The molecule has 0 bridgehead atoms. The number of amides is 1. The molecule has 11 heteroatoms. The van der Waals surface area contributed by atoms with Crippen molar-refractivity contribution >= 4 is 38.9 Å². The first-order valence-electron chi connectivity index (χ1n) is 12.1. The molecular formula is C29H21N5O5S. The topological polar surface area (TPSA) is 124 Å². The van der Waals surface area contributed by atoms with Crippen molar-refractivity contribution in [1.82, 2.24) is 14.6 Å². The van der Waals surface area contributed by atoms with Crippen LogP contribution in [0.3, 0.4) is 0 Å². The average Bonchev–Trinajstić information content (AvgIpc) is 3.69. The summed E-state index contributed by atoms with van der Waals surface area (Å²) in [7, 11) is 3.15. The minimum absolute atomic E-state index is 0.236. The largest absolute Gasteiger partial charge is 0.496 e. The summed E-state index contributed by atoms with van der Waals surface area (Å²) in [6.07, 6.45) is 1.78. The van der Waals surface area contributed by atoms with Crippen LogP contribution in [0.4, 0.5) is 5.69 Å². The van der Waals surface area contributed by atoms with Gasteiger partial charge in [0.05, 0.1) is 37.4 Å². The van der Waals surface area contributed by atoms with Crippen LogP contribution in [0.15, 0.2) is 77.3 Å². The van der Waals surface area contributed by atoms with Gasteiger partial charge in [-0.2, -0.15) is 5.26 Å². The maximum atomic E-state index is 12.7. The number of rotatable bonds is 8. The number of benzene rings is 3. The number of carbonyl (C=O) groups excluding carboxylic acids is 1. The zero-order valence-electron chi connectivity index (χ0n) is 21.4. The second kappa shape index (κ2) is 10.4. The van der Waals surface area contributed by atoms with Crippen molar-refractivity contribution in [3.05, 3.63) is 89.6 Å². The van der Waals surface area contributed by atoms with Crippen LogP contribution in [0.5, 0.6) is 16.7 Å². The highest BCUT2D eigenvalue weighted by molar-refractivity contribution is 7.18. The molecule has 0 spiro atoms. The molecule has 0 saturated heterocycles. The van der Waals surface area contributed by atoms with Crippen LogP contribution in [0.25, 0.3) is 27.4 Å². The number of imidazole rings is 1. The standard InChI is InChI=1S/C29H21N5O5S/c1-36-21-11-24(22-13-26(39-25(22)12-21)23-15-34-28(32-23)40-29(33-34)37-2)38-16-18-6-4-8-20(10-18)31-27(35)19-7-3-5-17(9-19)14-30/h3-13,15H,16H2,1-2H3,(H,31,35). The Morgan fingerprint density at radius 2 is 1.98 bits per heavy atom.